The van der Waals surface area contributed by atoms with Gasteiger partial charge in [-0.1, -0.05) is 4.49 Å². The second kappa shape index (κ2) is 8.12. The van der Waals surface area contributed by atoms with Crippen LogP contribution in [0.5, 0.6) is 5.75 Å². The predicted octanol–water partition coefficient (Wildman–Crippen LogP) is 1.72. The van der Waals surface area contributed by atoms with Crippen molar-refractivity contribution in [2.24, 2.45) is 5.92 Å². The molecule has 10 heteroatoms. The van der Waals surface area contributed by atoms with E-state index in [9.17, 15) is 14.4 Å². The minimum absolute atomic E-state index is 0.0356. The Morgan fingerprint density at radius 3 is 2.74 bits per heavy atom. The highest BCUT2D eigenvalue weighted by Gasteiger charge is 2.36. The van der Waals surface area contributed by atoms with Gasteiger partial charge in [0.25, 0.3) is 0 Å². The second-order valence-corrected chi connectivity index (χ2v) is 6.52. The number of aromatic nitrogens is 2. The molecule has 0 spiro atoms. The topological polar surface area (TPSA) is 111 Å². The number of nitrogens with zero attached hydrogens (tertiary/aromatic N) is 3. The normalized spacial score (nSPS) is 16.3. The summed E-state index contributed by atoms with van der Waals surface area (Å²) < 4.78 is 13.7. The average molecular weight is 390 g/mol. The molecule has 2 amide bonds. The van der Waals surface area contributed by atoms with Gasteiger partial charge in [0.05, 0.1) is 19.6 Å². The van der Waals surface area contributed by atoms with Gasteiger partial charge in [0.15, 0.2) is 5.00 Å². The highest BCUT2D eigenvalue weighted by atomic mass is 32.1. The Morgan fingerprint density at radius 1 is 1.33 bits per heavy atom. The molecule has 1 N–H and O–H groups in total. The maximum Gasteiger partial charge on any atom is 0.362 e. The molecule has 1 fully saturated rings. The molecule has 3 rings (SSSR count). The van der Waals surface area contributed by atoms with Gasteiger partial charge >= 0.3 is 5.97 Å². The van der Waals surface area contributed by atoms with Crippen molar-refractivity contribution >= 4 is 40.0 Å². The van der Waals surface area contributed by atoms with Crippen LogP contribution in [0.4, 0.5) is 10.7 Å². The summed E-state index contributed by atoms with van der Waals surface area (Å²) in [6.45, 7) is 2.11. The molecule has 1 unspecified atom stereocenters. The number of carbonyl (C=O) groups excluding carboxylic acids is 3. The maximum atomic E-state index is 12.6. The lowest BCUT2D eigenvalue weighted by Crippen LogP contribution is -2.28. The van der Waals surface area contributed by atoms with Crippen molar-refractivity contribution in [3.8, 4) is 5.75 Å². The van der Waals surface area contributed by atoms with Crippen LogP contribution in [-0.2, 0) is 14.3 Å². The zero-order valence-electron chi connectivity index (χ0n) is 14.8. The van der Waals surface area contributed by atoms with Gasteiger partial charge in [-0.2, -0.15) is 0 Å². The SMILES string of the molecule is CCOC(=O)c1nnsc1NC(=O)C1CC(=O)N(c2ccc(OC)cc2)C1. The number of methoxy groups -OCH3 is 1. The third-order valence-electron chi connectivity index (χ3n) is 4.07. The molecule has 1 aromatic carbocycles. The van der Waals surface area contributed by atoms with Crippen LogP contribution in [0.15, 0.2) is 24.3 Å². The first-order valence-electron chi connectivity index (χ1n) is 8.28. The molecule has 27 heavy (non-hydrogen) atoms. The summed E-state index contributed by atoms with van der Waals surface area (Å²) in [5, 5.41) is 6.55. The molecule has 1 aliphatic heterocycles. The lowest BCUT2D eigenvalue weighted by Gasteiger charge is -2.17. The van der Waals surface area contributed by atoms with Gasteiger partial charge < -0.3 is 19.7 Å². The summed E-state index contributed by atoms with van der Waals surface area (Å²) >= 11 is 0.887. The molecule has 2 heterocycles. The molecule has 142 valence electrons. The van der Waals surface area contributed by atoms with E-state index >= 15 is 0 Å². The van der Waals surface area contributed by atoms with E-state index < -0.39 is 11.9 Å². The smallest absolute Gasteiger partial charge is 0.362 e. The molecule has 1 atom stereocenters. The molecule has 9 nitrogen and oxygen atoms in total. The first kappa shape index (κ1) is 18.8. The summed E-state index contributed by atoms with van der Waals surface area (Å²) in [5.74, 6) is -1.02. The number of ether oxygens (including phenoxy) is 2. The van der Waals surface area contributed by atoms with Crippen molar-refractivity contribution in [2.75, 3.05) is 30.5 Å². The Morgan fingerprint density at radius 2 is 2.07 bits per heavy atom. The van der Waals surface area contributed by atoms with Crippen molar-refractivity contribution in [3.63, 3.8) is 0 Å². The van der Waals surface area contributed by atoms with Gasteiger partial charge in [0, 0.05) is 30.2 Å². The lowest BCUT2D eigenvalue weighted by molar-refractivity contribution is -0.122. The van der Waals surface area contributed by atoms with Crippen LogP contribution in [0.3, 0.4) is 0 Å². The van der Waals surface area contributed by atoms with E-state index in [1.54, 1.807) is 43.2 Å². The summed E-state index contributed by atoms with van der Waals surface area (Å²) in [6, 6.07) is 7.04. The van der Waals surface area contributed by atoms with Crippen LogP contribution in [0, 0.1) is 5.92 Å². The number of hydrogen-bond acceptors (Lipinski definition) is 8. The molecule has 2 aromatic rings. The Labute approximate surface area is 159 Å². The fraction of sp³-hybridized carbons (Fsp3) is 0.353. The van der Waals surface area contributed by atoms with Gasteiger partial charge in [-0.15, -0.1) is 5.10 Å². The van der Waals surface area contributed by atoms with Gasteiger partial charge in [-0.3, -0.25) is 9.59 Å². The van der Waals surface area contributed by atoms with E-state index in [1.165, 1.54) is 0 Å². The van der Waals surface area contributed by atoms with Crippen molar-refractivity contribution in [1.82, 2.24) is 9.59 Å². The van der Waals surface area contributed by atoms with Crippen molar-refractivity contribution in [2.45, 2.75) is 13.3 Å². The van der Waals surface area contributed by atoms with Gasteiger partial charge in [-0.05, 0) is 31.2 Å². The number of anilines is 2. The standard InChI is InChI=1S/C17H18N4O5S/c1-3-26-17(24)14-16(27-20-19-14)18-15(23)10-8-13(22)21(9-10)11-4-6-12(25-2)7-5-11/h4-7,10H,3,8-9H2,1-2H3,(H,18,23). The minimum Gasteiger partial charge on any atom is -0.497 e. The van der Waals surface area contributed by atoms with E-state index in [1.807, 2.05) is 0 Å². The van der Waals surface area contributed by atoms with E-state index in [-0.39, 0.29) is 42.1 Å². The van der Waals surface area contributed by atoms with Crippen molar-refractivity contribution in [1.29, 1.82) is 0 Å². The summed E-state index contributed by atoms with van der Waals surface area (Å²) in [6.07, 6.45) is 0.0822. The largest absolute Gasteiger partial charge is 0.497 e. The van der Waals surface area contributed by atoms with E-state index in [0.717, 1.165) is 11.5 Å². The first-order valence-corrected chi connectivity index (χ1v) is 9.05. The minimum atomic E-state index is -0.649. The number of rotatable bonds is 6. The van der Waals surface area contributed by atoms with E-state index in [4.69, 9.17) is 9.47 Å². The molecule has 1 aliphatic rings. The van der Waals surface area contributed by atoms with Gasteiger partial charge in [0.2, 0.25) is 17.5 Å². The fourth-order valence-corrected chi connectivity index (χ4v) is 3.28. The van der Waals surface area contributed by atoms with E-state index in [0.29, 0.717) is 11.4 Å². The molecule has 1 saturated heterocycles. The molecule has 0 saturated carbocycles. The predicted molar refractivity (Wildman–Crippen MR) is 97.9 cm³/mol. The Kier molecular flexibility index (Phi) is 5.65. The summed E-state index contributed by atoms with van der Waals surface area (Å²) in [7, 11) is 1.56. The third kappa shape index (κ3) is 4.05. The lowest BCUT2D eigenvalue weighted by atomic mass is 10.1. The van der Waals surface area contributed by atoms with Crippen LogP contribution in [0.1, 0.15) is 23.8 Å². The average Bonchev–Trinajstić information content (AvgIpc) is 3.28. The van der Waals surface area contributed by atoms with Crippen LogP contribution < -0.4 is 15.0 Å². The van der Waals surface area contributed by atoms with Crippen molar-refractivity contribution in [3.05, 3.63) is 30.0 Å². The maximum absolute atomic E-state index is 12.6. The summed E-state index contributed by atoms with van der Waals surface area (Å²) in [4.78, 5) is 38.3. The highest BCUT2D eigenvalue weighted by Crippen LogP contribution is 2.28. The number of benzene rings is 1. The molecule has 0 radical (unpaired) electrons. The molecule has 0 bridgehead atoms. The van der Waals surface area contributed by atoms with Crippen LogP contribution in [0.2, 0.25) is 0 Å². The fourth-order valence-electron chi connectivity index (χ4n) is 2.71. The monoisotopic (exact) mass is 390 g/mol. The number of esters is 1. The van der Waals surface area contributed by atoms with Gasteiger partial charge in [-0.25, -0.2) is 4.79 Å². The van der Waals surface area contributed by atoms with Crippen molar-refractivity contribution < 1.29 is 23.9 Å². The zero-order chi connectivity index (χ0) is 19.4. The number of hydrogen-bond donors (Lipinski definition) is 1. The van der Waals surface area contributed by atoms with E-state index in [2.05, 4.69) is 14.9 Å². The Balaban J connectivity index is 1.67. The molecule has 0 aliphatic carbocycles. The zero-order valence-corrected chi connectivity index (χ0v) is 15.6. The van der Waals surface area contributed by atoms with Crippen LogP contribution in [0.25, 0.3) is 0 Å². The van der Waals surface area contributed by atoms with Gasteiger partial charge in [0.1, 0.15) is 5.75 Å². The third-order valence-corrected chi connectivity index (χ3v) is 4.71. The Hall–Kier alpha value is -3.01. The molecular weight excluding hydrogens is 372 g/mol. The quantitative estimate of drug-likeness (QED) is 0.748. The van der Waals surface area contributed by atoms with Crippen LogP contribution in [-0.4, -0.2) is 47.6 Å². The Bertz CT molecular complexity index is 851. The second-order valence-electron chi connectivity index (χ2n) is 5.76. The summed E-state index contributed by atoms with van der Waals surface area (Å²) in [5.41, 5.74) is 0.661. The molecular formula is C17H18N4O5S. The number of carbonyl (C=O) groups is 3. The molecule has 1 aromatic heterocycles. The van der Waals surface area contributed by atoms with Crippen LogP contribution >= 0.6 is 11.5 Å². The highest BCUT2D eigenvalue weighted by molar-refractivity contribution is 7.10. The number of nitrogens with one attached hydrogen (secondary N) is 1. The first-order chi connectivity index (χ1) is 13.0. The number of amides is 2.